The highest BCUT2D eigenvalue weighted by molar-refractivity contribution is 5.69. The monoisotopic (exact) mass is 273 g/mol. The van der Waals surface area contributed by atoms with Gasteiger partial charge in [-0.25, -0.2) is 4.79 Å². The van der Waals surface area contributed by atoms with Crippen LogP contribution in [0.5, 0.6) is 0 Å². The Bertz CT molecular complexity index is 317. The van der Waals surface area contributed by atoms with E-state index in [0.717, 1.165) is 6.42 Å². The zero-order valence-corrected chi connectivity index (χ0v) is 11.8. The first-order valence-electron chi connectivity index (χ1n) is 6.59. The van der Waals surface area contributed by atoms with Crippen LogP contribution in [-0.2, 0) is 14.3 Å². The van der Waals surface area contributed by atoms with Gasteiger partial charge in [0.05, 0.1) is 12.6 Å². The summed E-state index contributed by atoms with van der Waals surface area (Å²) >= 11 is 0. The summed E-state index contributed by atoms with van der Waals surface area (Å²) in [5.74, 6) is -0.855. The average molecular weight is 273 g/mol. The molecular formula is C13H23NO5. The molecule has 6 nitrogen and oxygen atoms in total. The van der Waals surface area contributed by atoms with Crippen LogP contribution in [0.25, 0.3) is 0 Å². The molecule has 0 aliphatic carbocycles. The van der Waals surface area contributed by atoms with E-state index < -0.39 is 17.7 Å². The van der Waals surface area contributed by atoms with Crippen LogP contribution in [0.1, 0.15) is 40.0 Å². The first-order chi connectivity index (χ1) is 8.79. The minimum atomic E-state index is -0.855. The lowest BCUT2D eigenvalue weighted by Gasteiger charge is -2.30. The van der Waals surface area contributed by atoms with Gasteiger partial charge in [-0.15, -0.1) is 0 Å². The predicted molar refractivity (Wildman–Crippen MR) is 69.0 cm³/mol. The van der Waals surface area contributed by atoms with Crippen molar-refractivity contribution < 1.29 is 24.2 Å². The Balaban J connectivity index is 2.57. The number of amides is 1. The van der Waals surface area contributed by atoms with Crippen LogP contribution >= 0.6 is 0 Å². The third-order valence-electron chi connectivity index (χ3n) is 2.76. The van der Waals surface area contributed by atoms with Crippen molar-refractivity contribution in [3.63, 3.8) is 0 Å². The molecule has 0 spiro atoms. The van der Waals surface area contributed by atoms with E-state index in [4.69, 9.17) is 14.6 Å². The van der Waals surface area contributed by atoms with Gasteiger partial charge in [0.2, 0.25) is 0 Å². The first-order valence-corrected chi connectivity index (χ1v) is 6.59. The summed E-state index contributed by atoms with van der Waals surface area (Å²) in [5.41, 5.74) is -0.554. The number of nitrogens with zero attached hydrogens (tertiary/aromatic N) is 1. The molecule has 1 atom stereocenters. The number of carbonyl (C=O) groups excluding carboxylic acids is 1. The number of carboxylic acids is 1. The van der Waals surface area contributed by atoms with Crippen LogP contribution in [0.4, 0.5) is 4.79 Å². The summed E-state index contributed by atoms with van der Waals surface area (Å²) in [6.45, 7) is 6.94. The van der Waals surface area contributed by atoms with Gasteiger partial charge in [-0.2, -0.15) is 0 Å². The van der Waals surface area contributed by atoms with Crippen LogP contribution in [0.15, 0.2) is 0 Å². The van der Waals surface area contributed by atoms with E-state index in [2.05, 4.69) is 0 Å². The third-order valence-corrected chi connectivity index (χ3v) is 2.76. The number of carboxylic acid groups (broad SMARTS) is 1. The molecule has 1 fully saturated rings. The molecule has 1 unspecified atom stereocenters. The van der Waals surface area contributed by atoms with Gasteiger partial charge in [-0.3, -0.25) is 4.79 Å². The van der Waals surface area contributed by atoms with Crippen LogP contribution in [0.3, 0.4) is 0 Å². The van der Waals surface area contributed by atoms with Crippen molar-refractivity contribution in [2.75, 3.05) is 19.8 Å². The van der Waals surface area contributed by atoms with E-state index in [9.17, 15) is 9.59 Å². The van der Waals surface area contributed by atoms with Crippen LogP contribution in [0.2, 0.25) is 0 Å². The second kappa shape index (κ2) is 6.75. The summed E-state index contributed by atoms with van der Waals surface area (Å²) in [7, 11) is 0. The maximum atomic E-state index is 12.1. The molecule has 6 heteroatoms. The molecule has 0 aromatic heterocycles. The Morgan fingerprint density at radius 2 is 2.11 bits per heavy atom. The molecule has 1 heterocycles. The van der Waals surface area contributed by atoms with Gasteiger partial charge < -0.3 is 19.5 Å². The molecule has 1 aliphatic rings. The smallest absolute Gasteiger partial charge is 0.410 e. The van der Waals surface area contributed by atoms with Gasteiger partial charge in [0, 0.05) is 19.6 Å². The number of aliphatic carboxylic acids is 1. The van der Waals surface area contributed by atoms with E-state index in [1.807, 2.05) is 20.8 Å². The maximum absolute atomic E-state index is 12.1. The first kappa shape index (κ1) is 15.8. The van der Waals surface area contributed by atoms with Gasteiger partial charge in [0.15, 0.2) is 0 Å². The van der Waals surface area contributed by atoms with Crippen molar-refractivity contribution in [2.45, 2.75) is 51.7 Å². The predicted octanol–water partition coefficient (Wildman–Crippen LogP) is 1.88. The van der Waals surface area contributed by atoms with Gasteiger partial charge in [-0.1, -0.05) is 0 Å². The Morgan fingerprint density at radius 1 is 1.42 bits per heavy atom. The molecule has 0 saturated carbocycles. The second-order valence-corrected chi connectivity index (χ2v) is 5.69. The van der Waals surface area contributed by atoms with Crippen LogP contribution < -0.4 is 0 Å². The van der Waals surface area contributed by atoms with Crippen LogP contribution in [-0.4, -0.2) is 53.5 Å². The summed E-state index contributed by atoms with van der Waals surface area (Å²) in [6, 6.07) is -0.0105. The highest BCUT2D eigenvalue weighted by Crippen LogP contribution is 2.17. The molecule has 19 heavy (non-hydrogen) atoms. The molecule has 0 bridgehead atoms. The lowest BCUT2D eigenvalue weighted by Crippen LogP contribution is -2.44. The Labute approximate surface area is 113 Å². The van der Waals surface area contributed by atoms with E-state index in [0.29, 0.717) is 26.2 Å². The summed E-state index contributed by atoms with van der Waals surface area (Å²) < 4.78 is 10.6. The van der Waals surface area contributed by atoms with E-state index in [-0.39, 0.29) is 12.5 Å². The largest absolute Gasteiger partial charge is 0.481 e. The average Bonchev–Trinajstić information content (AvgIpc) is 2.74. The van der Waals surface area contributed by atoms with Gasteiger partial charge in [-0.05, 0) is 33.6 Å². The SMILES string of the molecule is CC(C)(C)OC(=O)N(CCCC(=O)O)C1CCOC1. The molecule has 0 aromatic carbocycles. The quantitative estimate of drug-likeness (QED) is 0.827. The maximum Gasteiger partial charge on any atom is 0.410 e. The minimum Gasteiger partial charge on any atom is -0.481 e. The molecule has 1 saturated heterocycles. The molecule has 1 rings (SSSR count). The van der Waals surface area contributed by atoms with Crippen molar-refractivity contribution in [2.24, 2.45) is 0 Å². The highest BCUT2D eigenvalue weighted by atomic mass is 16.6. The van der Waals surface area contributed by atoms with Gasteiger partial charge in [0.25, 0.3) is 0 Å². The lowest BCUT2D eigenvalue weighted by molar-refractivity contribution is -0.137. The highest BCUT2D eigenvalue weighted by Gasteiger charge is 2.30. The number of hydrogen-bond acceptors (Lipinski definition) is 4. The van der Waals surface area contributed by atoms with Crippen molar-refractivity contribution in [1.29, 1.82) is 0 Å². The topological polar surface area (TPSA) is 76.1 Å². The minimum absolute atomic E-state index is 0.0105. The Morgan fingerprint density at radius 3 is 2.58 bits per heavy atom. The molecular weight excluding hydrogens is 250 g/mol. The van der Waals surface area contributed by atoms with E-state index in [1.54, 1.807) is 4.90 Å². The third kappa shape index (κ3) is 5.92. The second-order valence-electron chi connectivity index (χ2n) is 5.69. The van der Waals surface area contributed by atoms with Crippen molar-refractivity contribution in [3.05, 3.63) is 0 Å². The molecule has 1 aliphatic heterocycles. The molecule has 1 amide bonds. The zero-order chi connectivity index (χ0) is 14.5. The van der Waals surface area contributed by atoms with Crippen molar-refractivity contribution in [3.8, 4) is 0 Å². The Kier molecular flexibility index (Phi) is 5.60. The Hall–Kier alpha value is -1.30. The molecule has 0 radical (unpaired) electrons. The van der Waals surface area contributed by atoms with Gasteiger partial charge >= 0.3 is 12.1 Å². The fraction of sp³-hybridized carbons (Fsp3) is 0.846. The number of rotatable bonds is 5. The summed E-state index contributed by atoms with van der Waals surface area (Å²) in [4.78, 5) is 24.3. The number of hydrogen-bond donors (Lipinski definition) is 1. The number of carbonyl (C=O) groups is 2. The normalized spacial score (nSPS) is 19.2. The lowest BCUT2D eigenvalue weighted by atomic mass is 10.2. The van der Waals surface area contributed by atoms with Gasteiger partial charge in [0.1, 0.15) is 5.60 Å². The standard InChI is InChI=1S/C13H23NO5/c1-13(2,3)19-12(17)14(7-4-5-11(15)16)10-6-8-18-9-10/h10H,4-9H2,1-3H3,(H,15,16). The molecule has 110 valence electrons. The summed E-state index contributed by atoms with van der Waals surface area (Å²) in [6.07, 6.45) is 0.845. The van der Waals surface area contributed by atoms with E-state index in [1.165, 1.54) is 0 Å². The van der Waals surface area contributed by atoms with Crippen molar-refractivity contribution in [1.82, 2.24) is 4.90 Å². The van der Waals surface area contributed by atoms with E-state index >= 15 is 0 Å². The molecule has 0 aromatic rings. The summed E-state index contributed by atoms with van der Waals surface area (Å²) in [5, 5.41) is 8.66. The fourth-order valence-electron chi connectivity index (χ4n) is 1.91. The zero-order valence-electron chi connectivity index (χ0n) is 11.8. The van der Waals surface area contributed by atoms with Crippen LogP contribution in [0, 0.1) is 0 Å². The number of ether oxygens (including phenoxy) is 2. The van der Waals surface area contributed by atoms with Crippen molar-refractivity contribution >= 4 is 12.1 Å². The molecule has 1 N–H and O–H groups in total. The fourth-order valence-corrected chi connectivity index (χ4v) is 1.91.